The number of aliphatic carboxylic acids is 1. The first kappa shape index (κ1) is 39.6. The maximum atomic E-state index is 14.1. The third-order valence-electron chi connectivity index (χ3n) is 10.4. The van der Waals surface area contributed by atoms with E-state index >= 15 is 0 Å². The third kappa shape index (κ3) is 8.55. The average Bonchev–Trinajstić information content (AvgIpc) is 3.85. The molecular weight excluding hydrogens is 775 g/mol. The third-order valence-corrected chi connectivity index (χ3v) is 11.5. The zero-order valence-electron chi connectivity index (χ0n) is 31.4. The lowest BCUT2D eigenvalue weighted by atomic mass is 9.86. The van der Waals surface area contributed by atoms with E-state index in [1.807, 2.05) is 22.4 Å². The van der Waals surface area contributed by atoms with Crippen LogP contribution in [0, 0.1) is 11.2 Å². The molecule has 0 unspecified atom stereocenters. The van der Waals surface area contributed by atoms with Crippen LogP contribution in [0.1, 0.15) is 53.7 Å². The molecule has 16 heteroatoms. The number of fused-ring (bicyclic) bond motifs is 1. The number of halogens is 2. The number of amidine groups is 1. The second-order valence-corrected chi connectivity index (χ2v) is 15.9. The van der Waals surface area contributed by atoms with Gasteiger partial charge in [0, 0.05) is 78.3 Å². The summed E-state index contributed by atoms with van der Waals surface area (Å²) in [6.07, 6.45) is 2.01. The normalized spacial score (nSPS) is 18.5. The number of carbonyl (C=O) groups excluding carboxylic acids is 3. The summed E-state index contributed by atoms with van der Waals surface area (Å²) in [5.74, 6) is -0.667. The highest BCUT2D eigenvalue weighted by Gasteiger charge is 2.42. The Balaban J connectivity index is 1.02. The number of esters is 1. The Bertz CT molecular complexity index is 2250. The van der Waals surface area contributed by atoms with Crippen LogP contribution in [0.4, 0.5) is 14.9 Å². The monoisotopic (exact) mass is 814 g/mol. The lowest BCUT2D eigenvalue weighted by Crippen LogP contribution is -2.53. The summed E-state index contributed by atoms with van der Waals surface area (Å²) in [7, 11) is 1.30. The molecule has 3 aliphatic rings. The number of ether oxygens (including phenoxy) is 2. The molecule has 0 radical (unpaired) electrons. The summed E-state index contributed by atoms with van der Waals surface area (Å²) < 4.78 is 25.3. The fraction of sp³-hybridized carbons (Fsp3) is 0.317. The fourth-order valence-electron chi connectivity index (χ4n) is 7.04. The number of amides is 2. The van der Waals surface area contributed by atoms with Crippen LogP contribution in [0.2, 0.25) is 5.02 Å². The molecular formula is C41H40ClFN6O7S. The van der Waals surface area contributed by atoms with Gasteiger partial charge in [0.1, 0.15) is 23.4 Å². The van der Waals surface area contributed by atoms with Crippen molar-refractivity contribution in [1.29, 1.82) is 0 Å². The van der Waals surface area contributed by atoms with Crippen LogP contribution in [0.5, 0.6) is 11.5 Å². The Morgan fingerprint density at radius 3 is 2.40 bits per heavy atom. The number of nitrogens with one attached hydrogen (secondary N) is 1. The van der Waals surface area contributed by atoms with Gasteiger partial charge in [-0.15, -0.1) is 11.3 Å². The van der Waals surface area contributed by atoms with Crippen LogP contribution < -0.4 is 15.0 Å². The van der Waals surface area contributed by atoms with Crippen LogP contribution in [-0.2, 0) is 14.3 Å². The van der Waals surface area contributed by atoms with Crippen molar-refractivity contribution in [3.63, 3.8) is 0 Å². The molecule has 0 aliphatic carbocycles. The molecule has 57 heavy (non-hydrogen) atoms. The van der Waals surface area contributed by atoms with E-state index in [0.717, 1.165) is 0 Å². The molecule has 0 spiro atoms. The van der Waals surface area contributed by atoms with Crippen molar-refractivity contribution < 1.29 is 38.1 Å². The summed E-state index contributed by atoms with van der Waals surface area (Å²) in [5, 5.41) is 15.2. The first-order chi connectivity index (χ1) is 27.3. The number of anilines is 1. The molecule has 4 heterocycles. The maximum Gasteiger partial charge on any atom is 0.338 e. The number of carboxylic acids is 1. The summed E-state index contributed by atoms with van der Waals surface area (Å²) >= 11 is 7.89. The number of methoxy groups -OCH3 is 1. The number of carboxylic acid groups (broad SMARTS) is 1. The number of ketones is 1. The van der Waals surface area contributed by atoms with Crippen LogP contribution in [0.25, 0.3) is 0 Å². The highest BCUT2D eigenvalue weighted by atomic mass is 35.5. The Hall–Kier alpha value is -5.64. The van der Waals surface area contributed by atoms with Crippen molar-refractivity contribution in [1.82, 2.24) is 20.1 Å². The fourth-order valence-corrected chi connectivity index (χ4v) is 7.90. The van der Waals surface area contributed by atoms with Gasteiger partial charge in [0.05, 0.1) is 24.1 Å². The Morgan fingerprint density at radius 1 is 1.04 bits per heavy atom. The lowest BCUT2D eigenvalue weighted by molar-refractivity contribution is -0.147. The molecule has 3 aliphatic heterocycles. The number of benzene rings is 3. The number of nitrogens with zero attached hydrogens (tertiary/aromatic N) is 5. The highest BCUT2D eigenvalue weighted by Crippen LogP contribution is 2.37. The first-order valence-corrected chi connectivity index (χ1v) is 19.5. The highest BCUT2D eigenvalue weighted by molar-refractivity contribution is 7.11. The molecule has 0 bridgehead atoms. The molecule has 2 saturated heterocycles. The quantitative estimate of drug-likeness (QED) is 0.107. The van der Waals surface area contributed by atoms with E-state index in [1.165, 1.54) is 36.6 Å². The standard InChI is InChI=1S/C41H40ClFN6O7S/c1-41(2,39(52)53)15-14-33(50)24-4-9-28(10-5-24)56-29-11-7-26(8-12-29)49-22-27-21-47(17-18-48(27)40(49)54)23-32-34(38(51)55-3)35(30-13-6-25(43)20-31(30)42)46-36(45-32)37-44-16-19-57-37/h4-13,16,19-20,27,35H,14-15,17-18,21-23H2,1-3H3,(H,45,46)(H,52,53)/t27-,35-/m0/s1. The van der Waals surface area contributed by atoms with Gasteiger partial charge in [-0.25, -0.2) is 19.0 Å². The number of piperazine rings is 1. The first-order valence-electron chi connectivity index (χ1n) is 18.3. The number of thiazole rings is 1. The van der Waals surface area contributed by atoms with Gasteiger partial charge in [-0.1, -0.05) is 17.7 Å². The molecule has 2 amide bonds. The smallest absolute Gasteiger partial charge is 0.338 e. The van der Waals surface area contributed by atoms with Gasteiger partial charge in [0.25, 0.3) is 0 Å². The number of urea groups is 1. The SMILES string of the molecule is COC(=O)C1=C(CN2CCN3C(=O)N(c4ccc(Oc5ccc(C(=O)CCC(C)(C)C(=O)O)cc5)cc4)C[C@@H]3C2)NC(c2nccs2)=N[C@H]1c1ccc(F)cc1Cl. The molecule has 13 nitrogen and oxygen atoms in total. The zero-order chi connectivity index (χ0) is 40.4. The summed E-state index contributed by atoms with van der Waals surface area (Å²) in [4.78, 5) is 66.1. The van der Waals surface area contributed by atoms with Crippen LogP contribution in [0.15, 0.2) is 94.6 Å². The minimum Gasteiger partial charge on any atom is -0.481 e. The second-order valence-electron chi connectivity index (χ2n) is 14.6. The minimum atomic E-state index is -0.986. The molecule has 2 atom stereocenters. The predicted octanol–water partition coefficient (Wildman–Crippen LogP) is 6.95. The van der Waals surface area contributed by atoms with Gasteiger partial charge >= 0.3 is 18.0 Å². The van der Waals surface area contributed by atoms with E-state index in [-0.39, 0.29) is 41.3 Å². The topological polar surface area (TPSA) is 154 Å². The van der Waals surface area contributed by atoms with Crippen molar-refractivity contribution in [3.05, 3.63) is 117 Å². The van der Waals surface area contributed by atoms with Gasteiger partial charge in [-0.3, -0.25) is 24.4 Å². The number of carbonyl (C=O) groups is 4. The Kier molecular flexibility index (Phi) is 11.4. The van der Waals surface area contributed by atoms with Gasteiger partial charge < -0.3 is 24.8 Å². The molecule has 7 rings (SSSR count). The van der Waals surface area contributed by atoms with Crippen LogP contribution >= 0.6 is 22.9 Å². The molecule has 296 valence electrons. The van der Waals surface area contributed by atoms with E-state index in [9.17, 15) is 28.7 Å². The van der Waals surface area contributed by atoms with Gasteiger partial charge in [0.15, 0.2) is 16.6 Å². The van der Waals surface area contributed by atoms with Crippen molar-refractivity contribution >= 4 is 58.2 Å². The summed E-state index contributed by atoms with van der Waals surface area (Å²) in [6.45, 7) is 5.51. The van der Waals surface area contributed by atoms with Crippen molar-refractivity contribution in [2.24, 2.45) is 10.4 Å². The van der Waals surface area contributed by atoms with Crippen LogP contribution in [0.3, 0.4) is 0 Å². The average molecular weight is 815 g/mol. The Morgan fingerprint density at radius 2 is 1.75 bits per heavy atom. The number of hydrogen-bond donors (Lipinski definition) is 2. The van der Waals surface area contributed by atoms with E-state index in [4.69, 9.17) is 26.1 Å². The van der Waals surface area contributed by atoms with E-state index in [2.05, 4.69) is 15.2 Å². The summed E-state index contributed by atoms with van der Waals surface area (Å²) in [6, 6.07) is 16.8. The molecule has 0 saturated carbocycles. The zero-order valence-corrected chi connectivity index (χ0v) is 33.0. The van der Waals surface area contributed by atoms with E-state index in [0.29, 0.717) is 77.6 Å². The van der Waals surface area contributed by atoms with E-state index < -0.39 is 29.2 Å². The summed E-state index contributed by atoms with van der Waals surface area (Å²) in [5.41, 5.74) is 1.46. The van der Waals surface area contributed by atoms with E-state index in [1.54, 1.807) is 61.3 Å². The minimum absolute atomic E-state index is 0.102. The van der Waals surface area contributed by atoms with Gasteiger partial charge in [-0.2, -0.15) is 0 Å². The Labute approximate surface area is 337 Å². The van der Waals surface area contributed by atoms with Gasteiger partial charge in [0.2, 0.25) is 0 Å². The van der Waals surface area contributed by atoms with Crippen molar-refractivity contribution in [3.8, 4) is 11.5 Å². The van der Waals surface area contributed by atoms with Crippen molar-refractivity contribution in [2.75, 3.05) is 44.7 Å². The predicted molar refractivity (Wildman–Crippen MR) is 213 cm³/mol. The largest absolute Gasteiger partial charge is 0.481 e. The number of aliphatic imine (C=N–C) groups is 1. The molecule has 2 fully saturated rings. The molecule has 4 aromatic rings. The number of hydrogen-bond acceptors (Lipinski definition) is 11. The number of Topliss-reactive ketones (excluding diaryl/α,β-unsaturated/α-hetero) is 1. The van der Waals surface area contributed by atoms with Gasteiger partial charge in [-0.05, 0) is 80.9 Å². The molecule has 2 N–H and O–H groups in total. The second kappa shape index (κ2) is 16.5. The van der Waals surface area contributed by atoms with Crippen molar-refractivity contribution in [2.45, 2.75) is 38.8 Å². The lowest BCUT2D eigenvalue weighted by Gasteiger charge is -2.38. The maximum absolute atomic E-state index is 14.1. The molecule has 3 aromatic carbocycles. The number of aromatic nitrogens is 1. The number of rotatable bonds is 13. The molecule has 1 aromatic heterocycles. The van der Waals surface area contributed by atoms with Crippen LogP contribution in [-0.4, -0.2) is 95.4 Å².